The van der Waals surface area contributed by atoms with E-state index in [1.807, 2.05) is 24.0 Å². The number of hydrogen-bond acceptors (Lipinski definition) is 8. The van der Waals surface area contributed by atoms with Crippen molar-refractivity contribution in [2.75, 3.05) is 49.7 Å². The standard InChI is InChI=1S/C26H29F2N4O7P/c1-17-3-4-20(31-24(33)18-5-6-29-23(14-18)26(2,27)28)15-21(17)19-13-22(32-7-9-37-10-8-32)25(30-16-19)38-11-12-39-40(34,35)36/h3-6,13-16H,7-12H2,1-2H3,(H,31,33)(H2,34,35,36). The quantitative estimate of drug-likeness (QED) is 0.237. The van der Waals surface area contributed by atoms with Crippen molar-refractivity contribution in [1.82, 2.24) is 9.97 Å². The van der Waals surface area contributed by atoms with Gasteiger partial charge >= 0.3 is 7.82 Å². The van der Waals surface area contributed by atoms with Crippen molar-refractivity contribution >= 4 is 25.1 Å². The van der Waals surface area contributed by atoms with Crippen molar-refractivity contribution in [1.29, 1.82) is 0 Å². The predicted octanol–water partition coefficient (Wildman–Crippen LogP) is 4.14. The van der Waals surface area contributed by atoms with Gasteiger partial charge in [0.05, 0.1) is 19.8 Å². The lowest BCUT2D eigenvalue weighted by Gasteiger charge is -2.30. The van der Waals surface area contributed by atoms with Gasteiger partial charge in [-0.1, -0.05) is 6.07 Å². The number of phosphoric ester groups is 1. The summed E-state index contributed by atoms with van der Waals surface area (Å²) < 4.78 is 53.9. The van der Waals surface area contributed by atoms with Crippen LogP contribution in [0.5, 0.6) is 5.88 Å². The van der Waals surface area contributed by atoms with Crippen LogP contribution in [0.4, 0.5) is 20.2 Å². The van der Waals surface area contributed by atoms with Crippen LogP contribution >= 0.6 is 7.82 Å². The zero-order valence-corrected chi connectivity index (χ0v) is 22.7. The first-order valence-electron chi connectivity index (χ1n) is 12.3. The summed E-state index contributed by atoms with van der Waals surface area (Å²) in [5, 5.41) is 2.75. The lowest BCUT2D eigenvalue weighted by atomic mass is 10.0. The van der Waals surface area contributed by atoms with E-state index in [0.29, 0.717) is 37.7 Å². The molecule has 214 valence electrons. The third kappa shape index (κ3) is 7.80. The number of rotatable bonds is 10. The third-order valence-corrected chi connectivity index (χ3v) is 6.56. The van der Waals surface area contributed by atoms with E-state index >= 15 is 0 Å². The van der Waals surface area contributed by atoms with Gasteiger partial charge in [-0.15, -0.1) is 0 Å². The number of pyridine rings is 2. The molecule has 40 heavy (non-hydrogen) atoms. The molecule has 1 saturated heterocycles. The van der Waals surface area contributed by atoms with Gasteiger partial charge in [-0.25, -0.2) is 9.55 Å². The zero-order chi connectivity index (χ0) is 28.9. The van der Waals surface area contributed by atoms with Gasteiger partial charge < -0.3 is 29.5 Å². The van der Waals surface area contributed by atoms with Crippen molar-refractivity contribution in [3.05, 3.63) is 65.6 Å². The molecule has 4 rings (SSSR count). The number of amides is 1. The molecule has 0 bridgehead atoms. The summed E-state index contributed by atoms with van der Waals surface area (Å²) in [7, 11) is -4.62. The highest BCUT2D eigenvalue weighted by molar-refractivity contribution is 7.46. The van der Waals surface area contributed by atoms with Gasteiger partial charge in [0, 0.05) is 49.2 Å². The van der Waals surface area contributed by atoms with Crippen LogP contribution in [-0.2, 0) is 19.7 Å². The van der Waals surface area contributed by atoms with E-state index in [9.17, 15) is 18.1 Å². The first-order valence-corrected chi connectivity index (χ1v) is 13.9. The van der Waals surface area contributed by atoms with Crippen molar-refractivity contribution in [3.8, 4) is 17.0 Å². The molecule has 0 saturated carbocycles. The fourth-order valence-corrected chi connectivity index (χ4v) is 4.36. The van der Waals surface area contributed by atoms with Crippen LogP contribution in [0.1, 0.15) is 28.5 Å². The fourth-order valence-electron chi connectivity index (χ4n) is 4.05. The molecule has 3 aromatic rings. The van der Waals surface area contributed by atoms with Crippen molar-refractivity contribution in [3.63, 3.8) is 0 Å². The number of benzene rings is 1. The van der Waals surface area contributed by atoms with Gasteiger partial charge in [0.1, 0.15) is 18.0 Å². The molecule has 0 radical (unpaired) electrons. The van der Waals surface area contributed by atoms with E-state index in [0.717, 1.165) is 29.7 Å². The molecule has 0 atom stereocenters. The number of alkyl halides is 2. The Morgan fingerprint density at radius 1 is 1.15 bits per heavy atom. The first-order chi connectivity index (χ1) is 18.9. The first kappa shape index (κ1) is 29.5. The number of nitrogens with one attached hydrogen (secondary N) is 1. The second-order valence-corrected chi connectivity index (χ2v) is 10.4. The number of nitrogens with zero attached hydrogens (tertiary/aromatic N) is 3. The molecule has 14 heteroatoms. The average Bonchev–Trinajstić information content (AvgIpc) is 2.92. The Balaban J connectivity index is 1.58. The SMILES string of the molecule is Cc1ccc(NC(=O)c2ccnc(C(C)(F)F)c2)cc1-c1cnc(OCCOP(=O)(O)O)c(N2CCOCC2)c1. The topological polar surface area (TPSA) is 143 Å². The van der Waals surface area contributed by atoms with Gasteiger partial charge in [0.15, 0.2) is 0 Å². The molecule has 1 fully saturated rings. The summed E-state index contributed by atoms with van der Waals surface area (Å²) in [6.07, 6.45) is 2.76. The number of carbonyl (C=O) groups excluding carboxylic acids is 1. The number of halogens is 2. The van der Waals surface area contributed by atoms with Crippen LogP contribution in [-0.4, -0.2) is 65.2 Å². The van der Waals surface area contributed by atoms with Crippen LogP contribution in [0.25, 0.3) is 11.1 Å². The molecule has 3 heterocycles. The van der Waals surface area contributed by atoms with Gasteiger partial charge in [-0.2, -0.15) is 8.78 Å². The van der Waals surface area contributed by atoms with Crippen LogP contribution < -0.4 is 15.0 Å². The van der Waals surface area contributed by atoms with E-state index in [1.54, 1.807) is 18.3 Å². The largest absolute Gasteiger partial charge is 0.474 e. The highest BCUT2D eigenvalue weighted by Crippen LogP contribution is 2.36. The summed E-state index contributed by atoms with van der Waals surface area (Å²) >= 11 is 0. The lowest BCUT2D eigenvalue weighted by molar-refractivity contribution is 0.0127. The minimum Gasteiger partial charge on any atom is -0.474 e. The number of ether oxygens (including phenoxy) is 2. The molecule has 0 spiro atoms. The highest BCUT2D eigenvalue weighted by atomic mass is 31.2. The molecule has 1 aliphatic rings. The summed E-state index contributed by atoms with van der Waals surface area (Å²) in [6.45, 7) is 4.34. The predicted molar refractivity (Wildman–Crippen MR) is 143 cm³/mol. The van der Waals surface area contributed by atoms with Gasteiger partial charge in [-0.05, 0) is 48.4 Å². The Labute approximate surface area is 229 Å². The molecule has 0 aliphatic carbocycles. The Morgan fingerprint density at radius 3 is 2.60 bits per heavy atom. The highest BCUT2D eigenvalue weighted by Gasteiger charge is 2.27. The number of phosphoric acid groups is 1. The maximum Gasteiger partial charge on any atom is 0.469 e. The minimum atomic E-state index is -4.62. The fraction of sp³-hybridized carbons (Fsp3) is 0.346. The lowest BCUT2D eigenvalue weighted by Crippen LogP contribution is -2.36. The average molecular weight is 579 g/mol. The summed E-state index contributed by atoms with van der Waals surface area (Å²) in [5.41, 5.74) is 3.06. The second kappa shape index (κ2) is 12.4. The molecule has 1 aliphatic heterocycles. The van der Waals surface area contributed by atoms with Crippen molar-refractivity contribution < 1.29 is 41.9 Å². The third-order valence-electron chi connectivity index (χ3n) is 6.04. The Hall–Kier alpha value is -3.48. The zero-order valence-electron chi connectivity index (χ0n) is 21.8. The van der Waals surface area contributed by atoms with Crippen molar-refractivity contribution in [2.24, 2.45) is 0 Å². The van der Waals surface area contributed by atoms with E-state index in [4.69, 9.17) is 19.3 Å². The number of carbonyl (C=O) groups is 1. The normalized spacial score (nSPS) is 14.2. The summed E-state index contributed by atoms with van der Waals surface area (Å²) in [4.78, 5) is 40.7. The molecular weight excluding hydrogens is 549 g/mol. The Morgan fingerprint density at radius 2 is 1.90 bits per heavy atom. The van der Waals surface area contributed by atoms with Crippen molar-refractivity contribution in [2.45, 2.75) is 19.8 Å². The number of anilines is 2. The Bertz CT molecular complexity index is 1410. The van der Waals surface area contributed by atoms with Crippen LogP contribution in [0, 0.1) is 6.92 Å². The molecule has 0 unspecified atom stereocenters. The molecule has 1 amide bonds. The maximum absolute atomic E-state index is 13.7. The molecule has 3 N–H and O–H groups in total. The van der Waals surface area contributed by atoms with E-state index in [2.05, 4.69) is 19.8 Å². The van der Waals surface area contributed by atoms with Crippen LogP contribution in [0.2, 0.25) is 0 Å². The van der Waals surface area contributed by atoms with E-state index in [1.165, 1.54) is 12.3 Å². The Kier molecular flexibility index (Phi) is 9.12. The minimum absolute atomic E-state index is 0.0501. The monoisotopic (exact) mass is 578 g/mol. The summed E-state index contributed by atoms with van der Waals surface area (Å²) in [5.74, 6) is -3.47. The molecule has 11 nitrogen and oxygen atoms in total. The second-order valence-electron chi connectivity index (χ2n) is 9.12. The molecular formula is C26H29F2N4O7P. The van der Waals surface area contributed by atoms with Crippen LogP contribution in [0.3, 0.4) is 0 Å². The van der Waals surface area contributed by atoms with E-state index in [-0.39, 0.29) is 24.7 Å². The summed E-state index contributed by atoms with van der Waals surface area (Å²) in [6, 6.07) is 9.60. The van der Waals surface area contributed by atoms with Gasteiger partial charge in [-0.3, -0.25) is 14.3 Å². The maximum atomic E-state index is 13.7. The molecule has 1 aromatic carbocycles. The number of aryl methyl sites for hydroxylation is 1. The number of morpholine rings is 1. The number of hydrogen-bond donors (Lipinski definition) is 3. The smallest absolute Gasteiger partial charge is 0.469 e. The van der Waals surface area contributed by atoms with Gasteiger partial charge in [0.2, 0.25) is 5.88 Å². The van der Waals surface area contributed by atoms with Crippen LogP contribution in [0.15, 0.2) is 48.8 Å². The van der Waals surface area contributed by atoms with E-state index < -0.39 is 25.3 Å². The molecule has 2 aromatic heterocycles. The van der Waals surface area contributed by atoms with Gasteiger partial charge in [0.25, 0.3) is 11.8 Å². The number of aromatic nitrogens is 2.